The third-order valence-corrected chi connectivity index (χ3v) is 6.79. The third-order valence-electron chi connectivity index (χ3n) is 5.58. The molecule has 1 heterocycles. The van der Waals surface area contributed by atoms with Crippen molar-refractivity contribution >= 4 is 37.2 Å². The molecule has 2 heteroatoms. The van der Waals surface area contributed by atoms with Gasteiger partial charge in [0.05, 0.1) is 0 Å². The molecule has 0 spiro atoms. The quantitative estimate of drug-likeness (QED) is 0.376. The lowest BCUT2D eigenvalue weighted by Gasteiger charge is -2.19. The van der Waals surface area contributed by atoms with Crippen LogP contribution >= 0.6 is 11.3 Å². The molecule has 0 amide bonds. The molecular weight excluding hydrogens is 358 g/mol. The van der Waals surface area contributed by atoms with Gasteiger partial charge >= 0.3 is 0 Å². The summed E-state index contributed by atoms with van der Waals surface area (Å²) in [6.07, 6.45) is 7.93. The van der Waals surface area contributed by atoms with Crippen molar-refractivity contribution < 1.29 is 0 Å². The Hall–Kier alpha value is -2.84. The van der Waals surface area contributed by atoms with Gasteiger partial charge in [-0.25, -0.2) is 0 Å². The average molecular weight is 382 g/mol. The fourth-order valence-corrected chi connectivity index (χ4v) is 5.41. The Morgan fingerprint density at radius 2 is 1.71 bits per heavy atom. The van der Waals surface area contributed by atoms with Crippen LogP contribution in [0.3, 0.4) is 0 Å². The number of allylic oxidation sites excluding steroid dienone is 3. The van der Waals surface area contributed by atoms with Crippen molar-refractivity contribution in [2.75, 3.05) is 5.32 Å². The van der Waals surface area contributed by atoms with Gasteiger partial charge in [0.1, 0.15) is 0 Å². The van der Waals surface area contributed by atoms with Crippen LogP contribution in [-0.4, -0.2) is 0 Å². The van der Waals surface area contributed by atoms with E-state index in [1.165, 1.54) is 48.3 Å². The smallest absolute Gasteiger partial charge is 0.0478 e. The molecule has 1 N–H and O–H groups in total. The topological polar surface area (TPSA) is 12.0 Å². The molecule has 0 saturated heterocycles. The average Bonchev–Trinajstić information content (AvgIpc) is 3.13. The minimum absolute atomic E-state index is 1.10. The first-order valence-corrected chi connectivity index (χ1v) is 10.8. The molecule has 1 aliphatic rings. The zero-order chi connectivity index (χ0) is 18.9. The maximum absolute atomic E-state index is 3.78. The Morgan fingerprint density at radius 1 is 0.893 bits per heavy atom. The van der Waals surface area contributed by atoms with Crippen molar-refractivity contribution in [2.24, 2.45) is 0 Å². The Kier molecular flexibility index (Phi) is 4.50. The molecule has 3 aromatic carbocycles. The number of rotatable bonds is 4. The zero-order valence-electron chi connectivity index (χ0n) is 16.0. The van der Waals surface area contributed by atoms with Gasteiger partial charge in [-0.1, -0.05) is 67.6 Å². The largest absolute Gasteiger partial charge is 0.355 e. The van der Waals surface area contributed by atoms with E-state index in [1.807, 2.05) is 11.3 Å². The summed E-state index contributed by atoms with van der Waals surface area (Å²) in [5.74, 6) is 0. The highest BCUT2D eigenvalue weighted by Crippen LogP contribution is 2.44. The monoisotopic (exact) mass is 381 g/mol. The van der Waals surface area contributed by atoms with Gasteiger partial charge < -0.3 is 5.32 Å². The summed E-state index contributed by atoms with van der Waals surface area (Å²) < 4.78 is 2.70. The predicted molar refractivity (Wildman–Crippen MR) is 124 cm³/mol. The van der Waals surface area contributed by atoms with E-state index in [9.17, 15) is 0 Å². The van der Waals surface area contributed by atoms with Crippen LogP contribution in [0.4, 0.5) is 5.69 Å². The fourth-order valence-electron chi connectivity index (χ4n) is 4.14. The summed E-state index contributed by atoms with van der Waals surface area (Å²) in [5.41, 5.74) is 6.55. The fraction of sp³-hybridized carbons (Fsp3) is 0.154. The molecule has 1 nitrogen and oxygen atoms in total. The van der Waals surface area contributed by atoms with E-state index in [-0.39, 0.29) is 0 Å². The van der Waals surface area contributed by atoms with Gasteiger partial charge in [-0.3, -0.25) is 0 Å². The molecule has 4 aromatic rings. The molecule has 1 aliphatic carbocycles. The van der Waals surface area contributed by atoms with E-state index < -0.39 is 0 Å². The lowest BCUT2D eigenvalue weighted by Crippen LogP contribution is -2.05. The molecule has 0 aliphatic heterocycles. The summed E-state index contributed by atoms with van der Waals surface area (Å²) >= 11 is 1.89. The SMILES string of the molecule is CCC1=C(Nc2ccc3c(sc4ccccc43)c2-c2ccccc2)C=CCC1. The van der Waals surface area contributed by atoms with Gasteiger partial charge in [0.25, 0.3) is 0 Å². The van der Waals surface area contributed by atoms with Crippen molar-refractivity contribution in [2.45, 2.75) is 26.2 Å². The van der Waals surface area contributed by atoms with E-state index in [0.29, 0.717) is 0 Å². The van der Waals surface area contributed by atoms with Crippen LogP contribution in [0.1, 0.15) is 26.2 Å². The highest BCUT2D eigenvalue weighted by atomic mass is 32.1. The summed E-state index contributed by atoms with van der Waals surface area (Å²) in [4.78, 5) is 0. The molecule has 0 fully saturated rings. The highest BCUT2D eigenvalue weighted by molar-refractivity contribution is 7.26. The van der Waals surface area contributed by atoms with Crippen molar-refractivity contribution in [3.8, 4) is 11.1 Å². The summed E-state index contributed by atoms with van der Waals surface area (Å²) in [5, 5.41) is 6.47. The maximum atomic E-state index is 3.78. The molecule has 138 valence electrons. The van der Waals surface area contributed by atoms with Crippen LogP contribution in [0.15, 0.2) is 90.2 Å². The third kappa shape index (κ3) is 2.94. The molecule has 0 atom stereocenters. The van der Waals surface area contributed by atoms with Crippen LogP contribution < -0.4 is 5.32 Å². The number of nitrogens with one attached hydrogen (secondary N) is 1. The first-order chi connectivity index (χ1) is 13.8. The minimum Gasteiger partial charge on any atom is -0.355 e. The van der Waals surface area contributed by atoms with Gasteiger partial charge in [-0.2, -0.15) is 0 Å². The molecule has 0 unspecified atom stereocenters. The first kappa shape index (κ1) is 17.3. The molecule has 0 radical (unpaired) electrons. The second-order valence-corrected chi connectivity index (χ2v) is 8.32. The number of thiophene rings is 1. The summed E-state index contributed by atoms with van der Waals surface area (Å²) in [6, 6.07) is 24.0. The summed E-state index contributed by atoms with van der Waals surface area (Å²) in [6.45, 7) is 2.25. The van der Waals surface area contributed by atoms with Crippen LogP contribution in [0.2, 0.25) is 0 Å². The Balaban J connectivity index is 1.76. The second kappa shape index (κ2) is 7.29. The Labute approximate surface area is 170 Å². The Morgan fingerprint density at radius 3 is 2.57 bits per heavy atom. The first-order valence-electron chi connectivity index (χ1n) is 10.0. The number of hydrogen-bond donors (Lipinski definition) is 1. The molecule has 5 rings (SSSR count). The van der Waals surface area contributed by atoms with Gasteiger partial charge in [0.2, 0.25) is 0 Å². The standard InChI is InChI=1S/C26H23NS/c1-2-18-10-6-8-14-22(18)27-23-17-16-21-20-13-7-9-15-24(20)28-26(21)25(23)19-11-4-3-5-12-19/h3-5,7-9,11-17,27H,2,6,10H2,1H3. The molecule has 1 aromatic heterocycles. The minimum atomic E-state index is 1.10. The molecule has 0 bridgehead atoms. The van der Waals surface area contributed by atoms with E-state index in [2.05, 4.69) is 91.1 Å². The second-order valence-electron chi connectivity index (χ2n) is 7.27. The van der Waals surface area contributed by atoms with Crippen molar-refractivity contribution in [1.82, 2.24) is 0 Å². The van der Waals surface area contributed by atoms with Gasteiger partial charge in [-0.05, 0) is 48.6 Å². The lowest BCUT2D eigenvalue weighted by molar-refractivity contribution is 0.877. The molecule has 0 saturated carbocycles. The van der Waals surface area contributed by atoms with Gasteiger partial charge in [-0.15, -0.1) is 11.3 Å². The van der Waals surface area contributed by atoms with Crippen LogP contribution in [0, 0.1) is 0 Å². The zero-order valence-corrected chi connectivity index (χ0v) is 16.9. The van der Waals surface area contributed by atoms with Crippen molar-refractivity contribution in [3.63, 3.8) is 0 Å². The van der Waals surface area contributed by atoms with Crippen LogP contribution in [0.25, 0.3) is 31.3 Å². The van der Waals surface area contributed by atoms with E-state index >= 15 is 0 Å². The van der Waals surface area contributed by atoms with Crippen molar-refractivity contribution in [3.05, 3.63) is 90.2 Å². The van der Waals surface area contributed by atoms with E-state index in [0.717, 1.165) is 19.3 Å². The lowest BCUT2D eigenvalue weighted by atomic mass is 9.97. The Bertz CT molecular complexity index is 1210. The van der Waals surface area contributed by atoms with E-state index in [1.54, 1.807) is 0 Å². The van der Waals surface area contributed by atoms with Crippen LogP contribution in [-0.2, 0) is 0 Å². The van der Waals surface area contributed by atoms with Gasteiger partial charge in [0, 0.05) is 37.1 Å². The van der Waals surface area contributed by atoms with E-state index in [4.69, 9.17) is 0 Å². The van der Waals surface area contributed by atoms with Crippen LogP contribution in [0.5, 0.6) is 0 Å². The maximum Gasteiger partial charge on any atom is 0.0478 e. The van der Waals surface area contributed by atoms with Crippen molar-refractivity contribution in [1.29, 1.82) is 0 Å². The molecule has 28 heavy (non-hydrogen) atoms. The normalized spacial score (nSPS) is 14.2. The summed E-state index contributed by atoms with van der Waals surface area (Å²) in [7, 11) is 0. The molecular formula is C26H23NS. The number of hydrogen-bond acceptors (Lipinski definition) is 2. The predicted octanol–water partition coefficient (Wildman–Crippen LogP) is 8.15. The number of anilines is 1. The number of benzene rings is 3. The number of fused-ring (bicyclic) bond motifs is 3. The van der Waals surface area contributed by atoms with Gasteiger partial charge in [0.15, 0.2) is 0 Å². The highest BCUT2D eigenvalue weighted by Gasteiger charge is 2.16.